The molecule has 28 heavy (non-hydrogen) atoms. The Morgan fingerprint density at radius 3 is 2.29 bits per heavy atom. The van der Waals surface area contributed by atoms with Gasteiger partial charge in [-0.15, -0.1) is 0 Å². The second kappa shape index (κ2) is 7.95. The molecule has 1 aromatic carbocycles. The molecule has 1 aliphatic carbocycles. The zero-order chi connectivity index (χ0) is 21.2. The highest BCUT2D eigenvalue weighted by molar-refractivity contribution is 7.93. The number of primary sulfonamides is 1. The van der Waals surface area contributed by atoms with Gasteiger partial charge in [-0.05, 0) is 24.1 Å². The van der Waals surface area contributed by atoms with E-state index >= 15 is 0 Å². The van der Waals surface area contributed by atoms with Crippen LogP contribution >= 0.6 is 0 Å². The third-order valence-corrected chi connectivity index (χ3v) is 5.10. The van der Waals surface area contributed by atoms with Crippen LogP contribution in [0.15, 0.2) is 58.3 Å². The number of ether oxygens (including phenoxy) is 1. The largest absolute Gasteiger partial charge is 0.465 e. The van der Waals surface area contributed by atoms with Crippen molar-refractivity contribution in [2.45, 2.75) is 12.8 Å². The van der Waals surface area contributed by atoms with Crippen molar-refractivity contribution < 1.29 is 22.9 Å². The number of benzene rings is 1. The molecule has 2 rings (SSSR count). The van der Waals surface area contributed by atoms with Gasteiger partial charge in [-0.1, -0.05) is 29.8 Å². The minimum absolute atomic E-state index is 0.355. The quantitative estimate of drug-likeness (QED) is 0.443. The molecule has 0 heterocycles. The van der Waals surface area contributed by atoms with E-state index in [9.17, 15) is 23.3 Å². The van der Waals surface area contributed by atoms with Crippen LogP contribution in [0.1, 0.15) is 17.0 Å². The normalized spacial score (nSPS) is 18.7. The molecule has 0 radical (unpaired) electrons. The maximum Gasteiger partial charge on any atom is 0.339 e. The van der Waals surface area contributed by atoms with Crippen LogP contribution in [0.2, 0.25) is 0 Å². The lowest BCUT2D eigenvalue weighted by molar-refractivity contribution is -0.429. The summed E-state index contributed by atoms with van der Waals surface area (Å²) in [6.07, 6.45) is 2.85. The van der Waals surface area contributed by atoms with E-state index in [0.29, 0.717) is 11.1 Å². The summed E-state index contributed by atoms with van der Waals surface area (Å²) in [5, 5.41) is 17.2. The number of carbonyl (C=O) groups excluding carboxylic acids is 1. The van der Waals surface area contributed by atoms with Crippen LogP contribution in [0.4, 0.5) is 0 Å². The molecule has 9 nitrogen and oxygen atoms in total. The molecule has 1 atom stereocenters. The van der Waals surface area contributed by atoms with Crippen molar-refractivity contribution in [2.75, 3.05) is 21.2 Å². The SMILES string of the molecule is COC(=O)C1=CC(=CN(C)C)C(c2ccc(C)cc2)C([N+](=O)[O-])=C1S(N)(=O)=O. The number of rotatable bonds is 5. The fraction of sp³-hybridized carbons (Fsp3) is 0.278. The summed E-state index contributed by atoms with van der Waals surface area (Å²) < 4.78 is 29.1. The highest BCUT2D eigenvalue weighted by atomic mass is 32.2. The van der Waals surface area contributed by atoms with Gasteiger partial charge in [0.25, 0.3) is 5.70 Å². The molecule has 0 bridgehead atoms. The average Bonchev–Trinajstić information content (AvgIpc) is 2.59. The number of sulfonamides is 1. The lowest BCUT2D eigenvalue weighted by Gasteiger charge is -2.25. The molecule has 0 saturated heterocycles. The van der Waals surface area contributed by atoms with Crippen LogP contribution in [-0.2, 0) is 19.6 Å². The van der Waals surface area contributed by atoms with Crippen LogP contribution in [0.3, 0.4) is 0 Å². The summed E-state index contributed by atoms with van der Waals surface area (Å²) in [4.78, 5) is 24.1. The molecular weight excluding hydrogens is 386 g/mol. The molecule has 1 aromatic rings. The van der Waals surface area contributed by atoms with Gasteiger partial charge < -0.3 is 9.64 Å². The summed E-state index contributed by atoms with van der Waals surface area (Å²) >= 11 is 0. The van der Waals surface area contributed by atoms with Gasteiger partial charge in [0.2, 0.25) is 10.0 Å². The first-order valence-electron chi connectivity index (χ1n) is 8.13. The number of nitrogens with zero attached hydrogens (tertiary/aromatic N) is 2. The number of carbonyl (C=O) groups is 1. The minimum Gasteiger partial charge on any atom is -0.465 e. The minimum atomic E-state index is -4.60. The van der Waals surface area contributed by atoms with E-state index in [1.165, 1.54) is 6.08 Å². The number of nitro groups is 1. The van der Waals surface area contributed by atoms with Crippen LogP contribution in [0, 0.1) is 17.0 Å². The molecular formula is C18H21N3O6S. The van der Waals surface area contributed by atoms with E-state index < -0.39 is 43.0 Å². The topological polar surface area (TPSA) is 133 Å². The number of aryl methyl sites for hydroxylation is 1. The summed E-state index contributed by atoms with van der Waals surface area (Å²) in [6.45, 7) is 1.86. The van der Waals surface area contributed by atoms with Gasteiger partial charge in [-0.25, -0.2) is 18.4 Å². The molecule has 1 aliphatic rings. The van der Waals surface area contributed by atoms with Crippen molar-refractivity contribution in [1.82, 2.24) is 4.90 Å². The van der Waals surface area contributed by atoms with Crippen LogP contribution < -0.4 is 5.14 Å². The summed E-state index contributed by atoms with van der Waals surface area (Å²) in [5.41, 5.74) is 0.609. The third-order valence-electron chi connectivity index (χ3n) is 4.10. The molecule has 1 unspecified atom stereocenters. The standard InChI is InChI=1S/C18H21N3O6S/c1-11-5-7-12(8-6-11)15-13(10-20(2)3)9-14(18(22)27-4)17(28(19,25)26)16(15)21(23)24/h5-10,15H,1-4H3,(H2,19,25,26). The lowest BCUT2D eigenvalue weighted by atomic mass is 9.83. The molecule has 0 amide bonds. The van der Waals surface area contributed by atoms with E-state index in [4.69, 9.17) is 5.14 Å². The zero-order valence-electron chi connectivity index (χ0n) is 15.9. The molecule has 0 fully saturated rings. The summed E-state index contributed by atoms with van der Waals surface area (Å²) in [7, 11) is -0.137. The average molecular weight is 407 g/mol. The first-order valence-corrected chi connectivity index (χ1v) is 9.68. The fourth-order valence-electron chi connectivity index (χ4n) is 3.01. The van der Waals surface area contributed by atoms with Gasteiger partial charge in [-0.2, -0.15) is 0 Å². The zero-order valence-corrected chi connectivity index (χ0v) is 16.7. The highest BCUT2D eigenvalue weighted by Crippen LogP contribution is 2.42. The van der Waals surface area contributed by atoms with Crippen LogP contribution in [-0.4, -0.2) is 45.4 Å². The first kappa shape index (κ1) is 21.3. The fourth-order valence-corrected chi connectivity index (χ4v) is 3.94. The van der Waals surface area contributed by atoms with Crippen molar-refractivity contribution >= 4 is 16.0 Å². The first-order chi connectivity index (χ1) is 13.0. The van der Waals surface area contributed by atoms with Crippen LogP contribution in [0.5, 0.6) is 0 Å². The van der Waals surface area contributed by atoms with Gasteiger partial charge >= 0.3 is 5.97 Å². The molecule has 0 spiro atoms. The monoisotopic (exact) mass is 407 g/mol. The Labute approximate surface area is 163 Å². The Bertz CT molecular complexity index is 1000. The molecule has 0 aliphatic heterocycles. The van der Waals surface area contributed by atoms with Crippen LogP contribution in [0.25, 0.3) is 0 Å². The van der Waals surface area contributed by atoms with E-state index in [2.05, 4.69) is 4.74 Å². The van der Waals surface area contributed by atoms with E-state index in [1.54, 1.807) is 49.5 Å². The number of hydrogen-bond donors (Lipinski definition) is 1. The second-order valence-corrected chi connectivity index (χ2v) is 8.00. The van der Waals surface area contributed by atoms with Gasteiger partial charge in [0.1, 0.15) is 5.92 Å². The molecule has 150 valence electrons. The Balaban J connectivity index is 2.95. The van der Waals surface area contributed by atoms with E-state index in [0.717, 1.165) is 12.7 Å². The van der Waals surface area contributed by atoms with Crippen molar-refractivity contribution in [2.24, 2.45) is 5.14 Å². The molecule has 10 heteroatoms. The highest BCUT2D eigenvalue weighted by Gasteiger charge is 2.44. The molecule has 2 N–H and O–H groups in total. The van der Waals surface area contributed by atoms with Crippen molar-refractivity contribution in [3.8, 4) is 0 Å². The Morgan fingerprint density at radius 1 is 1.29 bits per heavy atom. The smallest absolute Gasteiger partial charge is 0.339 e. The number of esters is 1. The second-order valence-electron chi connectivity index (χ2n) is 6.50. The number of methoxy groups -OCH3 is 1. The van der Waals surface area contributed by atoms with Gasteiger partial charge in [0, 0.05) is 20.3 Å². The molecule has 0 aromatic heterocycles. The predicted molar refractivity (Wildman–Crippen MR) is 103 cm³/mol. The number of nitrogens with two attached hydrogens (primary N) is 1. The summed E-state index contributed by atoms with van der Waals surface area (Å²) in [5.74, 6) is -2.07. The Hall–Kier alpha value is -2.98. The van der Waals surface area contributed by atoms with E-state index in [-0.39, 0.29) is 0 Å². The predicted octanol–water partition coefficient (Wildman–Crippen LogP) is 1.41. The summed E-state index contributed by atoms with van der Waals surface area (Å²) in [6, 6.07) is 6.86. The van der Waals surface area contributed by atoms with Gasteiger partial charge in [0.05, 0.1) is 17.6 Å². The van der Waals surface area contributed by atoms with E-state index in [1.807, 2.05) is 6.92 Å². The van der Waals surface area contributed by atoms with Crippen molar-refractivity contribution in [1.29, 1.82) is 0 Å². The maximum atomic E-state index is 12.2. The Morgan fingerprint density at radius 2 is 1.86 bits per heavy atom. The third kappa shape index (κ3) is 4.29. The molecule has 0 saturated carbocycles. The van der Waals surface area contributed by atoms with Crippen molar-refractivity contribution in [3.63, 3.8) is 0 Å². The number of hydrogen-bond acceptors (Lipinski definition) is 7. The van der Waals surface area contributed by atoms with Crippen molar-refractivity contribution in [3.05, 3.63) is 79.5 Å². The maximum absolute atomic E-state index is 12.2. The van der Waals surface area contributed by atoms with Gasteiger partial charge in [0.15, 0.2) is 4.91 Å². The van der Waals surface area contributed by atoms with Gasteiger partial charge in [-0.3, -0.25) is 10.1 Å². The Kier molecular flexibility index (Phi) is 6.05. The number of allylic oxidation sites excluding steroid dienone is 2. The lowest BCUT2D eigenvalue weighted by Crippen LogP contribution is -2.30.